The molecule has 1 aromatic heterocycles. The number of aromatic nitrogens is 2. The molecule has 0 N–H and O–H groups in total. The number of rotatable bonds is 8. The molecule has 1 saturated heterocycles. The highest BCUT2D eigenvalue weighted by molar-refractivity contribution is 5.14. The Hall–Kier alpha value is -2.75. The Labute approximate surface area is 189 Å². The van der Waals surface area contributed by atoms with E-state index in [9.17, 15) is 13.2 Å². The summed E-state index contributed by atoms with van der Waals surface area (Å²) in [6.07, 6.45) is -5.50. The predicted octanol–water partition coefficient (Wildman–Crippen LogP) is 5.01. The molecule has 1 aliphatic rings. The van der Waals surface area contributed by atoms with Crippen molar-refractivity contribution >= 4 is 0 Å². The quantitative estimate of drug-likeness (QED) is 0.469. The maximum atomic E-state index is 13.0. The lowest BCUT2D eigenvalue weighted by molar-refractivity contribution is -0.163. The first-order valence-corrected chi connectivity index (χ1v) is 10.7. The van der Waals surface area contributed by atoms with Gasteiger partial charge in [0.25, 0.3) is 0 Å². The minimum Gasteiger partial charge on any atom is -0.417 e. The number of ether oxygens (including phenoxy) is 3. The van der Waals surface area contributed by atoms with Gasteiger partial charge in [-0.3, -0.25) is 0 Å². The molecule has 3 aromatic rings. The van der Waals surface area contributed by atoms with E-state index in [0.717, 1.165) is 11.1 Å². The van der Waals surface area contributed by atoms with E-state index in [1.807, 2.05) is 67.6 Å². The van der Waals surface area contributed by atoms with Crippen molar-refractivity contribution in [3.8, 4) is 0 Å². The van der Waals surface area contributed by atoms with Gasteiger partial charge in [0, 0.05) is 5.92 Å². The summed E-state index contributed by atoms with van der Waals surface area (Å²) < 4.78 is 61.9. The van der Waals surface area contributed by atoms with E-state index in [0.29, 0.717) is 19.8 Å². The average molecular weight is 462 g/mol. The van der Waals surface area contributed by atoms with Crippen LogP contribution in [0.1, 0.15) is 35.7 Å². The summed E-state index contributed by atoms with van der Waals surface area (Å²) in [5.74, 6) is -2.33. The van der Waals surface area contributed by atoms with Gasteiger partial charge in [-0.25, -0.2) is 0 Å². The van der Waals surface area contributed by atoms with Crippen LogP contribution in [0.15, 0.2) is 65.1 Å². The van der Waals surface area contributed by atoms with Gasteiger partial charge in [-0.15, -0.1) is 10.2 Å². The fraction of sp³-hybridized carbons (Fsp3) is 0.417. The molecule has 0 aliphatic carbocycles. The molecule has 0 radical (unpaired) electrons. The molecule has 176 valence electrons. The van der Waals surface area contributed by atoms with Gasteiger partial charge in [0.05, 0.1) is 44.6 Å². The van der Waals surface area contributed by atoms with Gasteiger partial charge in [-0.1, -0.05) is 67.6 Å². The highest BCUT2D eigenvalue weighted by Crippen LogP contribution is 2.37. The number of benzene rings is 2. The zero-order valence-electron chi connectivity index (χ0n) is 18.1. The Bertz CT molecular complexity index is 998. The molecule has 1 fully saturated rings. The van der Waals surface area contributed by atoms with E-state index in [2.05, 4.69) is 10.2 Å². The molecule has 2 aromatic carbocycles. The normalized spacial score (nSPS) is 23.5. The molecular weight excluding hydrogens is 437 g/mol. The maximum absolute atomic E-state index is 13.0. The van der Waals surface area contributed by atoms with Gasteiger partial charge in [-0.2, -0.15) is 13.2 Å². The first-order valence-electron chi connectivity index (χ1n) is 10.7. The van der Waals surface area contributed by atoms with Gasteiger partial charge in [0.1, 0.15) is 0 Å². The van der Waals surface area contributed by atoms with E-state index in [1.165, 1.54) is 0 Å². The molecule has 2 heterocycles. The molecular formula is C24H25F3N2O4. The number of halogens is 3. The van der Waals surface area contributed by atoms with Gasteiger partial charge in [0.15, 0.2) is 0 Å². The summed E-state index contributed by atoms with van der Waals surface area (Å²) in [5.41, 5.74) is 1.99. The van der Waals surface area contributed by atoms with Crippen LogP contribution in [0.3, 0.4) is 0 Å². The molecule has 0 amide bonds. The number of alkyl halides is 3. The van der Waals surface area contributed by atoms with Crippen LogP contribution in [0.25, 0.3) is 0 Å². The van der Waals surface area contributed by atoms with E-state index >= 15 is 0 Å². The first-order chi connectivity index (χ1) is 15.9. The Morgan fingerprint density at radius 2 is 1.58 bits per heavy atom. The fourth-order valence-corrected chi connectivity index (χ4v) is 3.86. The molecule has 33 heavy (non-hydrogen) atoms. The van der Waals surface area contributed by atoms with Crippen molar-refractivity contribution in [1.82, 2.24) is 10.2 Å². The molecule has 0 saturated carbocycles. The van der Waals surface area contributed by atoms with E-state index in [-0.39, 0.29) is 24.5 Å². The lowest BCUT2D eigenvalue weighted by atomic mass is 9.85. The van der Waals surface area contributed by atoms with E-state index in [1.54, 1.807) is 0 Å². The Morgan fingerprint density at radius 3 is 2.18 bits per heavy atom. The molecule has 9 heteroatoms. The molecule has 0 unspecified atom stereocenters. The molecule has 4 atom stereocenters. The second kappa shape index (κ2) is 10.5. The van der Waals surface area contributed by atoms with Gasteiger partial charge < -0.3 is 18.6 Å². The molecule has 0 spiro atoms. The summed E-state index contributed by atoms with van der Waals surface area (Å²) in [7, 11) is 0. The maximum Gasteiger partial charge on any atom is 0.470 e. The lowest BCUT2D eigenvalue weighted by Gasteiger charge is -2.39. The van der Waals surface area contributed by atoms with Crippen LogP contribution in [0, 0.1) is 5.92 Å². The smallest absolute Gasteiger partial charge is 0.417 e. The van der Waals surface area contributed by atoms with E-state index in [4.69, 9.17) is 18.6 Å². The summed E-state index contributed by atoms with van der Waals surface area (Å²) in [6, 6.07) is 19.3. The standard InChI is InChI=1S/C24H25F3N2O4/c1-16-20(15-30-12-17-8-4-2-5-9-17)31-14-19(22-28-29-23(33-22)24(25,26)27)21(16)32-13-18-10-6-3-7-11-18/h2-11,16,19-21H,12-15H2,1H3/t16-,19+,20+,21-/m0/s1. The second-order valence-electron chi connectivity index (χ2n) is 8.04. The Kier molecular flexibility index (Phi) is 7.42. The van der Waals surface area contributed by atoms with Gasteiger partial charge in [0.2, 0.25) is 5.89 Å². The number of hydrogen-bond donors (Lipinski definition) is 0. The average Bonchev–Trinajstić information content (AvgIpc) is 3.31. The van der Waals surface area contributed by atoms with Crippen LogP contribution in [-0.4, -0.2) is 35.6 Å². The molecule has 1 aliphatic heterocycles. The lowest BCUT2D eigenvalue weighted by Crippen LogP contribution is -2.46. The van der Waals surface area contributed by atoms with Crippen molar-refractivity contribution < 1.29 is 31.8 Å². The highest BCUT2D eigenvalue weighted by Gasteiger charge is 2.44. The van der Waals surface area contributed by atoms with E-state index < -0.39 is 24.1 Å². The Balaban J connectivity index is 1.46. The van der Waals surface area contributed by atoms with Crippen LogP contribution in [0.4, 0.5) is 13.2 Å². The topological polar surface area (TPSA) is 66.6 Å². The minimum atomic E-state index is -4.71. The van der Waals surface area contributed by atoms with Crippen molar-refractivity contribution in [3.63, 3.8) is 0 Å². The predicted molar refractivity (Wildman–Crippen MR) is 112 cm³/mol. The number of hydrogen-bond acceptors (Lipinski definition) is 6. The van der Waals surface area contributed by atoms with Gasteiger partial charge >= 0.3 is 12.1 Å². The van der Waals surface area contributed by atoms with Crippen LogP contribution in [-0.2, 0) is 33.6 Å². The zero-order valence-corrected chi connectivity index (χ0v) is 18.1. The van der Waals surface area contributed by atoms with Crippen LogP contribution >= 0.6 is 0 Å². The van der Waals surface area contributed by atoms with Gasteiger partial charge in [-0.05, 0) is 11.1 Å². The third kappa shape index (κ3) is 5.98. The van der Waals surface area contributed by atoms with Crippen molar-refractivity contribution in [3.05, 3.63) is 83.6 Å². The highest BCUT2D eigenvalue weighted by atomic mass is 19.4. The molecule has 4 rings (SSSR count). The summed E-state index contributed by atoms with van der Waals surface area (Å²) in [4.78, 5) is 0. The third-order valence-electron chi connectivity index (χ3n) is 5.67. The third-order valence-corrected chi connectivity index (χ3v) is 5.67. The zero-order chi connectivity index (χ0) is 23.3. The van der Waals surface area contributed by atoms with Crippen molar-refractivity contribution in [2.24, 2.45) is 5.92 Å². The first kappa shape index (κ1) is 23.4. The number of nitrogens with zero attached hydrogens (tertiary/aromatic N) is 2. The van der Waals surface area contributed by atoms with Crippen molar-refractivity contribution in [2.75, 3.05) is 13.2 Å². The minimum absolute atomic E-state index is 0.0860. The largest absolute Gasteiger partial charge is 0.470 e. The van der Waals surface area contributed by atoms with Crippen LogP contribution in [0.2, 0.25) is 0 Å². The Morgan fingerprint density at radius 1 is 0.939 bits per heavy atom. The summed E-state index contributed by atoms with van der Waals surface area (Å²) in [5, 5.41) is 6.81. The fourth-order valence-electron chi connectivity index (χ4n) is 3.86. The SMILES string of the molecule is C[C@@H]1[C@H](OCc2ccccc2)[C@H](c2nnc(C(F)(F)F)o2)CO[C@@H]1COCc1ccccc1. The van der Waals surface area contributed by atoms with Crippen molar-refractivity contribution in [2.45, 2.75) is 44.4 Å². The summed E-state index contributed by atoms with van der Waals surface area (Å²) in [6.45, 7) is 3.07. The summed E-state index contributed by atoms with van der Waals surface area (Å²) >= 11 is 0. The monoisotopic (exact) mass is 462 g/mol. The van der Waals surface area contributed by atoms with Crippen LogP contribution < -0.4 is 0 Å². The van der Waals surface area contributed by atoms with Crippen LogP contribution in [0.5, 0.6) is 0 Å². The molecule has 6 nitrogen and oxygen atoms in total. The molecule has 0 bridgehead atoms. The van der Waals surface area contributed by atoms with Crippen molar-refractivity contribution in [1.29, 1.82) is 0 Å². The second-order valence-corrected chi connectivity index (χ2v) is 8.04.